The van der Waals surface area contributed by atoms with Crippen LogP contribution in [0.4, 0.5) is 0 Å². The van der Waals surface area contributed by atoms with Gasteiger partial charge in [0.25, 0.3) is 10.1 Å². The molecule has 0 fully saturated rings. The summed E-state index contributed by atoms with van der Waals surface area (Å²) >= 11 is 0. The molecule has 0 bridgehead atoms. The fraction of sp³-hybridized carbons (Fsp3) is 0. The maximum Gasteiger partial charge on any atom is 0.294 e. The van der Waals surface area contributed by atoms with E-state index in [4.69, 9.17) is 4.55 Å². The minimum absolute atomic E-state index is 0.248. The molecule has 0 spiro atoms. The van der Waals surface area contributed by atoms with Crippen LogP contribution >= 0.6 is 0 Å². The number of hydrogen-bond donors (Lipinski definition) is 3. The third-order valence-corrected chi connectivity index (χ3v) is 3.65. The first-order valence-corrected chi connectivity index (χ1v) is 6.89. The van der Waals surface area contributed by atoms with Gasteiger partial charge in [0, 0.05) is 12.1 Å². The van der Waals surface area contributed by atoms with Crippen LogP contribution in [0.2, 0.25) is 0 Å². The first-order valence-electron chi connectivity index (χ1n) is 5.45. The molecule has 0 aliphatic carbocycles. The fourth-order valence-corrected chi connectivity index (χ4v) is 2.34. The number of aromatic hydroxyl groups is 2. The van der Waals surface area contributed by atoms with Gasteiger partial charge in [-0.05, 0) is 18.2 Å². The van der Waals surface area contributed by atoms with Crippen molar-refractivity contribution in [3.05, 3.63) is 30.3 Å². The van der Waals surface area contributed by atoms with E-state index in [0.717, 1.165) is 0 Å². The maximum atomic E-state index is 11.1. The monoisotopic (exact) mass is 292 g/mol. The number of fused-ring (bicyclic) bond motifs is 2. The fourth-order valence-electron chi connectivity index (χ4n) is 1.84. The molecule has 0 saturated carbocycles. The third kappa shape index (κ3) is 2.00. The minimum atomic E-state index is -4.32. The van der Waals surface area contributed by atoms with E-state index in [0.29, 0.717) is 16.6 Å². The largest absolute Gasteiger partial charge is 0.504 e. The standard InChI is InChI=1S/C12H8N2O5S/c15-11-4-9-10(5-12(11)16)14-8-3-6(20(17,18)19)1-2-7(8)13-9/h1-5,15-16H,(H,17,18,19). The number of hydrogen-bond acceptors (Lipinski definition) is 6. The van der Waals surface area contributed by atoms with Crippen LogP contribution in [0.15, 0.2) is 35.2 Å². The molecule has 0 amide bonds. The highest BCUT2D eigenvalue weighted by atomic mass is 32.2. The van der Waals surface area contributed by atoms with Gasteiger partial charge in [0.05, 0.1) is 27.0 Å². The van der Waals surface area contributed by atoms with Crippen LogP contribution in [-0.4, -0.2) is 33.2 Å². The van der Waals surface area contributed by atoms with E-state index in [1.807, 2.05) is 0 Å². The van der Waals surface area contributed by atoms with Crippen LogP contribution in [0.5, 0.6) is 11.5 Å². The quantitative estimate of drug-likeness (QED) is 0.352. The van der Waals surface area contributed by atoms with Gasteiger partial charge in [0.15, 0.2) is 11.5 Å². The van der Waals surface area contributed by atoms with Crippen molar-refractivity contribution in [2.24, 2.45) is 0 Å². The molecule has 7 nitrogen and oxygen atoms in total. The smallest absolute Gasteiger partial charge is 0.294 e. The lowest BCUT2D eigenvalue weighted by molar-refractivity contribution is 0.404. The van der Waals surface area contributed by atoms with Crippen LogP contribution < -0.4 is 0 Å². The highest BCUT2D eigenvalue weighted by Crippen LogP contribution is 2.29. The van der Waals surface area contributed by atoms with Crippen molar-refractivity contribution in [3.8, 4) is 11.5 Å². The predicted molar refractivity (Wildman–Crippen MR) is 70.2 cm³/mol. The van der Waals surface area contributed by atoms with E-state index in [-0.39, 0.29) is 21.9 Å². The summed E-state index contributed by atoms with van der Waals surface area (Å²) in [6.45, 7) is 0. The van der Waals surface area contributed by atoms with Crippen molar-refractivity contribution >= 4 is 32.2 Å². The number of benzene rings is 2. The Morgan fingerprint density at radius 1 is 0.800 bits per heavy atom. The maximum absolute atomic E-state index is 11.1. The minimum Gasteiger partial charge on any atom is -0.504 e. The molecule has 1 aromatic heterocycles. The second-order valence-corrected chi connectivity index (χ2v) is 5.60. The normalized spacial score (nSPS) is 12.1. The molecule has 2 aromatic carbocycles. The number of phenols is 2. The average molecular weight is 292 g/mol. The molecule has 0 aliphatic heterocycles. The van der Waals surface area contributed by atoms with Crippen LogP contribution in [0.1, 0.15) is 0 Å². The van der Waals surface area contributed by atoms with E-state index in [9.17, 15) is 18.6 Å². The van der Waals surface area contributed by atoms with Crippen molar-refractivity contribution < 1.29 is 23.2 Å². The van der Waals surface area contributed by atoms with Crippen molar-refractivity contribution in [1.29, 1.82) is 0 Å². The first kappa shape index (κ1) is 12.6. The van der Waals surface area contributed by atoms with Gasteiger partial charge >= 0.3 is 0 Å². The molecule has 3 aromatic rings. The molecule has 0 saturated heterocycles. The Kier molecular flexibility index (Phi) is 2.53. The van der Waals surface area contributed by atoms with Crippen molar-refractivity contribution in [1.82, 2.24) is 9.97 Å². The molecular formula is C12H8N2O5S. The molecule has 0 radical (unpaired) electrons. The summed E-state index contributed by atoms with van der Waals surface area (Å²) in [7, 11) is -4.32. The Morgan fingerprint density at radius 3 is 1.85 bits per heavy atom. The molecule has 8 heteroatoms. The topological polar surface area (TPSA) is 121 Å². The summed E-state index contributed by atoms with van der Waals surface area (Å²) in [6.07, 6.45) is 0. The van der Waals surface area contributed by atoms with Crippen LogP contribution in [0, 0.1) is 0 Å². The first-order chi connectivity index (χ1) is 9.34. The SMILES string of the molecule is O=S(=O)(O)c1ccc2nc3cc(O)c(O)cc3nc2c1. The zero-order valence-electron chi connectivity index (χ0n) is 9.85. The Hall–Kier alpha value is -2.45. The average Bonchev–Trinajstić information content (AvgIpc) is 2.36. The number of aromatic nitrogens is 2. The van der Waals surface area contributed by atoms with Crippen LogP contribution in [0.25, 0.3) is 22.1 Å². The van der Waals surface area contributed by atoms with Crippen molar-refractivity contribution in [2.75, 3.05) is 0 Å². The van der Waals surface area contributed by atoms with Gasteiger partial charge < -0.3 is 10.2 Å². The summed E-state index contributed by atoms with van der Waals surface area (Å²) in [4.78, 5) is 8.05. The summed E-state index contributed by atoms with van der Waals surface area (Å²) in [5, 5.41) is 18.8. The lowest BCUT2D eigenvalue weighted by Crippen LogP contribution is -1.98. The molecule has 102 valence electrons. The van der Waals surface area contributed by atoms with Crippen LogP contribution in [-0.2, 0) is 10.1 Å². The van der Waals surface area contributed by atoms with Gasteiger partial charge in [0.1, 0.15) is 0 Å². The van der Waals surface area contributed by atoms with E-state index in [2.05, 4.69) is 9.97 Å². The number of nitrogens with zero attached hydrogens (tertiary/aromatic N) is 2. The van der Waals surface area contributed by atoms with Gasteiger partial charge in [-0.15, -0.1) is 0 Å². The molecule has 0 atom stereocenters. The van der Waals surface area contributed by atoms with E-state index in [1.54, 1.807) is 0 Å². The zero-order chi connectivity index (χ0) is 14.5. The number of phenolic OH excluding ortho intramolecular Hbond substituents is 2. The summed E-state index contributed by atoms with van der Waals surface area (Å²) in [5.41, 5.74) is 1.29. The predicted octanol–water partition coefficient (Wildman–Crippen LogP) is 1.44. The molecule has 1 heterocycles. The van der Waals surface area contributed by atoms with E-state index < -0.39 is 10.1 Å². The Morgan fingerprint density at radius 2 is 1.30 bits per heavy atom. The van der Waals surface area contributed by atoms with E-state index in [1.165, 1.54) is 30.3 Å². The summed E-state index contributed by atoms with van der Waals surface area (Å²) in [5.74, 6) is -0.669. The summed E-state index contributed by atoms with van der Waals surface area (Å²) in [6, 6.07) is 6.26. The van der Waals surface area contributed by atoms with E-state index >= 15 is 0 Å². The van der Waals surface area contributed by atoms with Crippen molar-refractivity contribution in [2.45, 2.75) is 4.90 Å². The van der Waals surface area contributed by atoms with Crippen LogP contribution in [0.3, 0.4) is 0 Å². The zero-order valence-corrected chi connectivity index (χ0v) is 10.7. The molecule has 0 unspecified atom stereocenters. The van der Waals surface area contributed by atoms with Gasteiger partial charge in [0.2, 0.25) is 0 Å². The van der Waals surface area contributed by atoms with Gasteiger partial charge in [-0.1, -0.05) is 0 Å². The van der Waals surface area contributed by atoms with Crippen molar-refractivity contribution in [3.63, 3.8) is 0 Å². The molecule has 20 heavy (non-hydrogen) atoms. The highest BCUT2D eigenvalue weighted by molar-refractivity contribution is 7.85. The molecular weight excluding hydrogens is 284 g/mol. The second-order valence-electron chi connectivity index (χ2n) is 4.18. The molecule has 0 aliphatic rings. The van der Waals surface area contributed by atoms with Gasteiger partial charge in [-0.25, -0.2) is 9.97 Å². The number of rotatable bonds is 1. The third-order valence-electron chi connectivity index (χ3n) is 2.80. The van der Waals surface area contributed by atoms with Gasteiger partial charge in [-0.3, -0.25) is 4.55 Å². The molecule has 3 rings (SSSR count). The lowest BCUT2D eigenvalue weighted by Gasteiger charge is -2.04. The Balaban J connectivity index is 2.36. The highest BCUT2D eigenvalue weighted by Gasteiger charge is 2.12. The second kappa shape index (κ2) is 4.02. The molecule has 3 N–H and O–H groups in total. The summed E-state index contributed by atoms with van der Waals surface area (Å²) < 4.78 is 31.1. The Labute approximate surface area is 112 Å². The Bertz CT molecular complexity index is 953. The van der Waals surface area contributed by atoms with Gasteiger partial charge in [-0.2, -0.15) is 8.42 Å². The lowest BCUT2D eigenvalue weighted by atomic mass is 10.2.